The molecule has 1 aliphatic rings. The van der Waals surface area contributed by atoms with E-state index in [1.54, 1.807) is 0 Å². The molecule has 2 amide bonds. The van der Waals surface area contributed by atoms with Crippen LogP contribution in [0.1, 0.15) is 58.4 Å². The van der Waals surface area contributed by atoms with Crippen molar-refractivity contribution in [2.75, 3.05) is 6.54 Å². The zero-order valence-corrected chi connectivity index (χ0v) is 18.6. The Morgan fingerprint density at radius 2 is 1.65 bits per heavy atom. The van der Waals surface area contributed by atoms with Gasteiger partial charge >= 0.3 is 18.2 Å². The van der Waals surface area contributed by atoms with Crippen LogP contribution in [0.5, 0.6) is 0 Å². The molecule has 3 N–H and O–H groups in total. The highest BCUT2D eigenvalue weighted by Crippen LogP contribution is 2.31. The van der Waals surface area contributed by atoms with Gasteiger partial charge in [-0.25, -0.2) is 14.4 Å². The van der Waals surface area contributed by atoms with E-state index in [9.17, 15) is 19.5 Å². The lowest BCUT2D eigenvalue weighted by Gasteiger charge is -2.30. The largest absolute Gasteiger partial charge is 0.480 e. The summed E-state index contributed by atoms with van der Waals surface area (Å²) in [5.74, 6) is -0.519. The molecule has 1 aromatic carbocycles. The van der Waals surface area contributed by atoms with E-state index in [4.69, 9.17) is 9.47 Å². The number of hydrogen-bond acceptors (Lipinski definition) is 5. The number of carbonyl (C=O) groups is 3. The van der Waals surface area contributed by atoms with Gasteiger partial charge in [-0.05, 0) is 57.4 Å². The molecule has 0 heterocycles. The Morgan fingerprint density at radius 1 is 1.03 bits per heavy atom. The van der Waals surface area contributed by atoms with Gasteiger partial charge in [-0.2, -0.15) is 0 Å². The third-order valence-corrected chi connectivity index (χ3v) is 5.27. The van der Waals surface area contributed by atoms with Crippen molar-refractivity contribution >= 4 is 18.2 Å². The highest BCUT2D eigenvalue weighted by molar-refractivity contribution is 5.79. The summed E-state index contributed by atoms with van der Waals surface area (Å²) in [4.78, 5) is 35.4. The topological polar surface area (TPSA) is 114 Å². The first-order chi connectivity index (χ1) is 14.6. The minimum atomic E-state index is -1.06. The van der Waals surface area contributed by atoms with Gasteiger partial charge in [-0.3, -0.25) is 0 Å². The Hall–Kier alpha value is -2.77. The third-order valence-electron chi connectivity index (χ3n) is 5.27. The third kappa shape index (κ3) is 9.72. The summed E-state index contributed by atoms with van der Waals surface area (Å²) in [7, 11) is 0. The van der Waals surface area contributed by atoms with Crippen LogP contribution in [0.2, 0.25) is 0 Å². The van der Waals surface area contributed by atoms with Crippen LogP contribution in [0, 0.1) is 11.8 Å². The van der Waals surface area contributed by atoms with Gasteiger partial charge in [0.1, 0.15) is 18.2 Å². The number of carbonyl (C=O) groups excluding carboxylic acids is 2. The number of nitrogens with one attached hydrogen (secondary N) is 2. The number of benzene rings is 1. The van der Waals surface area contributed by atoms with Crippen molar-refractivity contribution in [1.82, 2.24) is 10.6 Å². The summed E-state index contributed by atoms with van der Waals surface area (Å²) in [6, 6.07) is 8.24. The van der Waals surface area contributed by atoms with Gasteiger partial charge in [-0.1, -0.05) is 43.2 Å². The molecular weight excluding hydrogens is 400 g/mol. The molecule has 0 bridgehead atoms. The normalized spacial score (nSPS) is 19.7. The van der Waals surface area contributed by atoms with Crippen LogP contribution >= 0.6 is 0 Å². The van der Waals surface area contributed by atoms with E-state index >= 15 is 0 Å². The molecule has 172 valence electrons. The summed E-state index contributed by atoms with van der Waals surface area (Å²) in [6.07, 6.45) is 2.71. The predicted octanol–water partition coefficient (Wildman–Crippen LogP) is 4.09. The smallest absolute Gasteiger partial charge is 0.408 e. The molecule has 8 heteroatoms. The first kappa shape index (κ1) is 24.5. The Morgan fingerprint density at radius 3 is 2.23 bits per heavy atom. The predicted molar refractivity (Wildman–Crippen MR) is 115 cm³/mol. The second-order valence-electron chi connectivity index (χ2n) is 9.10. The summed E-state index contributed by atoms with van der Waals surface area (Å²) in [5, 5.41) is 14.8. The number of ether oxygens (including phenoxy) is 2. The molecule has 1 atom stereocenters. The van der Waals surface area contributed by atoms with Gasteiger partial charge < -0.3 is 25.2 Å². The van der Waals surface area contributed by atoms with Crippen molar-refractivity contribution in [1.29, 1.82) is 0 Å². The molecule has 0 radical (unpaired) electrons. The molecule has 0 spiro atoms. The lowest BCUT2D eigenvalue weighted by Crippen LogP contribution is -2.43. The van der Waals surface area contributed by atoms with E-state index in [0.717, 1.165) is 31.2 Å². The van der Waals surface area contributed by atoms with Crippen molar-refractivity contribution in [3.05, 3.63) is 35.9 Å². The molecule has 0 unspecified atom stereocenters. The van der Waals surface area contributed by atoms with E-state index in [1.165, 1.54) is 0 Å². The zero-order valence-electron chi connectivity index (χ0n) is 18.6. The van der Waals surface area contributed by atoms with Crippen LogP contribution in [-0.2, 0) is 20.9 Å². The number of aliphatic carboxylic acids is 1. The maximum Gasteiger partial charge on any atom is 0.408 e. The van der Waals surface area contributed by atoms with E-state index in [0.29, 0.717) is 18.9 Å². The van der Waals surface area contributed by atoms with E-state index < -0.39 is 29.8 Å². The standard InChI is InChI=1S/C23H34N2O6/c1-23(2,3)31-21(28)24-14-17-11-9-16(10-12-17)13-19(20(26)27)25-22(29)30-15-18-7-5-4-6-8-18/h4-8,16-17,19H,9-15H2,1-3H3,(H,24,28)(H,25,29)(H,26,27)/t16?,17?,19-/m0/s1. The molecular formula is C23H34N2O6. The summed E-state index contributed by atoms with van der Waals surface area (Å²) in [5.41, 5.74) is 0.311. The first-order valence-electron chi connectivity index (χ1n) is 10.8. The molecule has 1 saturated carbocycles. The quantitative estimate of drug-likeness (QED) is 0.568. The molecule has 0 saturated heterocycles. The number of carboxylic acid groups (broad SMARTS) is 1. The van der Waals surface area contributed by atoms with Gasteiger partial charge in [0.25, 0.3) is 0 Å². The highest BCUT2D eigenvalue weighted by atomic mass is 16.6. The number of alkyl carbamates (subject to hydrolysis) is 2. The molecule has 1 fully saturated rings. The second-order valence-corrected chi connectivity index (χ2v) is 9.10. The maximum absolute atomic E-state index is 12.0. The summed E-state index contributed by atoms with van der Waals surface area (Å²) >= 11 is 0. The molecule has 2 rings (SSSR count). The molecule has 0 aliphatic heterocycles. The Kier molecular flexibility index (Phi) is 9.15. The molecule has 8 nitrogen and oxygen atoms in total. The van der Waals surface area contributed by atoms with Crippen LogP contribution in [0.25, 0.3) is 0 Å². The van der Waals surface area contributed by atoms with Gasteiger partial charge in [-0.15, -0.1) is 0 Å². The zero-order chi connectivity index (χ0) is 22.9. The van der Waals surface area contributed by atoms with Crippen LogP contribution in [-0.4, -0.2) is 41.4 Å². The van der Waals surface area contributed by atoms with Crippen molar-refractivity contribution in [3.63, 3.8) is 0 Å². The Balaban J connectivity index is 1.71. The van der Waals surface area contributed by atoms with Crippen molar-refractivity contribution in [2.24, 2.45) is 11.8 Å². The maximum atomic E-state index is 12.0. The van der Waals surface area contributed by atoms with E-state index in [1.807, 2.05) is 51.1 Å². The lowest BCUT2D eigenvalue weighted by molar-refractivity contribution is -0.140. The number of amides is 2. The average Bonchev–Trinajstić information content (AvgIpc) is 2.70. The lowest BCUT2D eigenvalue weighted by atomic mass is 9.79. The Labute approximate surface area is 183 Å². The fraction of sp³-hybridized carbons (Fsp3) is 0.609. The Bertz CT molecular complexity index is 723. The van der Waals surface area contributed by atoms with Gasteiger partial charge in [0.05, 0.1) is 0 Å². The molecule has 0 aromatic heterocycles. The number of rotatable bonds is 8. The van der Waals surface area contributed by atoms with Crippen LogP contribution in [0.15, 0.2) is 30.3 Å². The van der Waals surface area contributed by atoms with E-state index in [2.05, 4.69) is 10.6 Å². The average molecular weight is 435 g/mol. The van der Waals surface area contributed by atoms with Crippen LogP contribution in [0.4, 0.5) is 9.59 Å². The molecule has 1 aliphatic carbocycles. The fourth-order valence-corrected chi connectivity index (χ4v) is 3.68. The van der Waals surface area contributed by atoms with Crippen molar-refractivity contribution < 1.29 is 29.0 Å². The van der Waals surface area contributed by atoms with Crippen LogP contribution < -0.4 is 10.6 Å². The summed E-state index contributed by atoms with van der Waals surface area (Å²) in [6.45, 7) is 6.11. The van der Waals surface area contributed by atoms with Crippen molar-refractivity contribution in [2.45, 2.75) is 71.1 Å². The molecule has 31 heavy (non-hydrogen) atoms. The van der Waals surface area contributed by atoms with E-state index in [-0.39, 0.29) is 12.5 Å². The van der Waals surface area contributed by atoms with Gasteiger partial charge in [0.15, 0.2) is 0 Å². The fourth-order valence-electron chi connectivity index (χ4n) is 3.68. The molecule has 1 aromatic rings. The minimum Gasteiger partial charge on any atom is -0.480 e. The van der Waals surface area contributed by atoms with Crippen molar-refractivity contribution in [3.8, 4) is 0 Å². The van der Waals surface area contributed by atoms with Crippen LogP contribution in [0.3, 0.4) is 0 Å². The van der Waals surface area contributed by atoms with Gasteiger partial charge in [0.2, 0.25) is 0 Å². The number of hydrogen-bond donors (Lipinski definition) is 3. The monoisotopic (exact) mass is 434 g/mol. The minimum absolute atomic E-state index is 0.0920. The number of carboxylic acids is 1. The highest BCUT2D eigenvalue weighted by Gasteiger charge is 2.29. The second kappa shape index (κ2) is 11.6. The SMILES string of the molecule is CC(C)(C)OC(=O)NCC1CCC(C[C@H](NC(=O)OCc2ccccc2)C(=O)O)CC1. The van der Waals surface area contributed by atoms with Gasteiger partial charge in [0, 0.05) is 6.54 Å². The summed E-state index contributed by atoms with van der Waals surface area (Å²) < 4.78 is 10.4. The first-order valence-corrected chi connectivity index (χ1v) is 10.8.